The molecule has 5 heteroatoms. The van der Waals surface area contributed by atoms with Gasteiger partial charge in [0.05, 0.1) is 12.2 Å². The van der Waals surface area contributed by atoms with E-state index >= 15 is 0 Å². The third-order valence-electron chi connectivity index (χ3n) is 5.38. The second-order valence-electron chi connectivity index (χ2n) is 7.32. The minimum absolute atomic E-state index is 0.000773. The Hall–Kier alpha value is -2.82. The number of benzene rings is 2. The number of hydrogen-bond donors (Lipinski definition) is 1. The zero-order valence-corrected chi connectivity index (χ0v) is 15.5. The number of ether oxygens (including phenoxy) is 1. The highest BCUT2D eigenvalue weighted by molar-refractivity contribution is 6.05. The first-order chi connectivity index (χ1) is 13.1. The molecule has 2 aromatic carbocycles. The fourth-order valence-electron chi connectivity index (χ4n) is 3.84. The van der Waals surface area contributed by atoms with Gasteiger partial charge >= 0.3 is 0 Å². The molecule has 0 bridgehead atoms. The number of nitrogens with zero attached hydrogens (tertiary/aromatic N) is 1. The number of anilines is 1. The van der Waals surface area contributed by atoms with Crippen molar-refractivity contribution in [2.24, 2.45) is 0 Å². The summed E-state index contributed by atoms with van der Waals surface area (Å²) in [5.74, 6) is 0.406. The topological polar surface area (TPSA) is 58.6 Å². The summed E-state index contributed by atoms with van der Waals surface area (Å²) in [5.41, 5.74) is 2.83. The average molecular weight is 364 g/mol. The van der Waals surface area contributed by atoms with Gasteiger partial charge < -0.3 is 15.0 Å². The van der Waals surface area contributed by atoms with Gasteiger partial charge in [-0.05, 0) is 56.5 Å². The summed E-state index contributed by atoms with van der Waals surface area (Å²) in [6.45, 7) is 3.38. The molecule has 140 valence electrons. The Labute approximate surface area is 159 Å². The molecule has 4 rings (SSSR count). The van der Waals surface area contributed by atoms with Crippen molar-refractivity contribution in [1.29, 1.82) is 0 Å². The van der Waals surface area contributed by atoms with Gasteiger partial charge in [0.2, 0.25) is 0 Å². The molecule has 27 heavy (non-hydrogen) atoms. The van der Waals surface area contributed by atoms with E-state index in [1.807, 2.05) is 24.0 Å². The molecule has 1 N–H and O–H groups in total. The van der Waals surface area contributed by atoms with E-state index < -0.39 is 0 Å². The van der Waals surface area contributed by atoms with Crippen LogP contribution in [-0.4, -0.2) is 35.9 Å². The van der Waals surface area contributed by atoms with Crippen molar-refractivity contribution in [3.63, 3.8) is 0 Å². The van der Waals surface area contributed by atoms with Gasteiger partial charge in [-0.25, -0.2) is 0 Å². The van der Waals surface area contributed by atoms with E-state index in [0.29, 0.717) is 29.2 Å². The fraction of sp³-hybridized carbons (Fsp3) is 0.364. The van der Waals surface area contributed by atoms with Crippen LogP contribution < -0.4 is 10.1 Å². The van der Waals surface area contributed by atoms with E-state index in [4.69, 9.17) is 4.74 Å². The summed E-state index contributed by atoms with van der Waals surface area (Å²) in [4.78, 5) is 27.6. The van der Waals surface area contributed by atoms with Crippen LogP contribution in [0.25, 0.3) is 0 Å². The zero-order valence-electron chi connectivity index (χ0n) is 15.5. The fourth-order valence-corrected chi connectivity index (χ4v) is 3.84. The average Bonchev–Trinajstić information content (AvgIpc) is 2.68. The van der Waals surface area contributed by atoms with Crippen LogP contribution in [-0.2, 0) is 0 Å². The highest BCUT2D eigenvalue weighted by Gasteiger charge is 2.31. The molecular formula is C22H24N2O3. The lowest BCUT2D eigenvalue weighted by Gasteiger charge is -2.37. The van der Waals surface area contributed by atoms with E-state index in [2.05, 4.69) is 5.32 Å². The van der Waals surface area contributed by atoms with E-state index in [1.165, 1.54) is 0 Å². The maximum absolute atomic E-state index is 13.1. The molecule has 2 aromatic rings. The summed E-state index contributed by atoms with van der Waals surface area (Å²) in [7, 11) is 0. The van der Waals surface area contributed by atoms with Crippen LogP contribution in [0.5, 0.6) is 5.75 Å². The van der Waals surface area contributed by atoms with Crippen LogP contribution in [0.15, 0.2) is 42.5 Å². The second-order valence-corrected chi connectivity index (χ2v) is 7.32. The normalized spacial score (nSPS) is 19.2. The number of piperidine rings is 1. The maximum Gasteiger partial charge on any atom is 0.257 e. The largest absolute Gasteiger partial charge is 0.493 e. The van der Waals surface area contributed by atoms with Gasteiger partial charge in [0, 0.05) is 30.3 Å². The molecule has 0 aromatic heterocycles. The van der Waals surface area contributed by atoms with E-state index in [-0.39, 0.29) is 17.9 Å². The number of carbonyl (C=O) groups is 2. The van der Waals surface area contributed by atoms with Gasteiger partial charge in [0.1, 0.15) is 5.75 Å². The molecule has 0 aliphatic carbocycles. The van der Waals surface area contributed by atoms with Crippen molar-refractivity contribution in [2.75, 3.05) is 18.5 Å². The Kier molecular flexibility index (Phi) is 4.84. The van der Waals surface area contributed by atoms with Crippen molar-refractivity contribution in [3.8, 4) is 5.75 Å². The molecule has 2 aliphatic rings. The molecule has 1 saturated heterocycles. The van der Waals surface area contributed by atoms with Crippen LogP contribution in [0.1, 0.15) is 52.0 Å². The van der Waals surface area contributed by atoms with Crippen molar-refractivity contribution in [3.05, 3.63) is 59.2 Å². The SMILES string of the molecule is Cc1ccc(C(=O)Nc2ccc3c(c2)C(=O)N2CCCCC2CCO3)cc1. The molecule has 2 amide bonds. The molecule has 1 unspecified atom stereocenters. The van der Waals surface area contributed by atoms with E-state index in [9.17, 15) is 9.59 Å². The lowest BCUT2D eigenvalue weighted by molar-refractivity contribution is 0.0548. The number of carbonyl (C=O) groups excluding carboxylic acids is 2. The van der Waals surface area contributed by atoms with Gasteiger partial charge in [-0.15, -0.1) is 0 Å². The highest BCUT2D eigenvalue weighted by atomic mass is 16.5. The predicted octanol–water partition coefficient (Wildman–Crippen LogP) is 4.02. The summed E-state index contributed by atoms with van der Waals surface area (Å²) in [6, 6.07) is 13.0. The number of amides is 2. The van der Waals surface area contributed by atoms with Crippen LogP contribution in [0.2, 0.25) is 0 Å². The first-order valence-corrected chi connectivity index (χ1v) is 9.57. The standard InChI is InChI=1S/C22H24N2O3/c1-15-5-7-16(8-6-15)21(25)23-17-9-10-20-19(14-17)22(26)24-12-3-2-4-18(24)11-13-27-20/h5-10,14,18H,2-4,11-13H2,1H3,(H,23,25). The van der Waals surface area contributed by atoms with Crippen molar-refractivity contribution < 1.29 is 14.3 Å². The predicted molar refractivity (Wildman–Crippen MR) is 104 cm³/mol. The Morgan fingerprint density at radius 3 is 2.74 bits per heavy atom. The summed E-state index contributed by atoms with van der Waals surface area (Å²) >= 11 is 0. The van der Waals surface area contributed by atoms with Crippen molar-refractivity contribution >= 4 is 17.5 Å². The molecular weight excluding hydrogens is 340 g/mol. The Morgan fingerprint density at radius 2 is 1.93 bits per heavy atom. The zero-order chi connectivity index (χ0) is 18.8. The third-order valence-corrected chi connectivity index (χ3v) is 5.38. The molecule has 1 fully saturated rings. The molecule has 1 atom stereocenters. The Bertz CT molecular complexity index is 860. The van der Waals surface area contributed by atoms with Gasteiger partial charge in [-0.2, -0.15) is 0 Å². The molecule has 2 heterocycles. The van der Waals surface area contributed by atoms with Gasteiger partial charge in [0.15, 0.2) is 0 Å². The smallest absolute Gasteiger partial charge is 0.257 e. The van der Waals surface area contributed by atoms with Gasteiger partial charge in [-0.1, -0.05) is 17.7 Å². The molecule has 0 saturated carbocycles. The van der Waals surface area contributed by atoms with Gasteiger partial charge in [-0.3, -0.25) is 9.59 Å². The molecule has 5 nitrogen and oxygen atoms in total. The van der Waals surface area contributed by atoms with Gasteiger partial charge in [0.25, 0.3) is 11.8 Å². The van der Waals surface area contributed by atoms with Crippen molar-refractivity contribution in [1.82, 2.24) is 4.90 Å². The van der Waals surface area contributed by atoms with Crippen LogP contribution >= 0.6 is 0 Å². The third kappa shape index (κ3) is 3.68. The molecule has 0 spiro atoms. The van der Waals surface area contributed by atoms with E-state index in [0.717, 1.165) is 37.8 Å². The minimum Gasteiger partial charge on any atom is -0.493 e. The first-order valence-electron chi connectivity index (χ1n) is 9.57. The maximum atomic E-state index is 13.1. The van der Waals surface area contributed by atoms with E-state index in [1.54, 1.807) is 30.3 Å². The minimum atomic E-state index is -0.190. The highest BCUT2D eigenvalue weighted by Crippen LogP contribution is 2.31. The molecule has 0 radical (unpaired) electrons. The van der Waals surface area contributed by atoms with Crippen LogP contribution in [0.4, 0.5) is 5.69 Å². The summed E-state index contributed by atoms with van der Waals surface area (Å²) in [6.07, 6.45) is 4.11. The number of hydrogen-bond acceptors (Lipinski definition) is 3. The lowest BCUT2D eigenvalue weighted by Crippen LogP contribution is -2.45. The monoisotopic (exact) mass is 364 g/mol. The summed E-state index contributed by atoms with van der Waals surface area (Å²) < 4.78 is 5.85. The van der Waals surface area contributed by atoms with Crippen LogP contribution in [0, 0.1) is 6.92 Å². The lowest BCUT2D eigenvalue weighted by atomic mass is 9.97. The Balaban J connectivity index is 1.59. The second kappa shape index (κ2) is 7.43. The number of aryl methyl sites for hydroxylation is 1. The van der Waals surface area contributed by atoms with Crippen LogP contribution in [0.3, 0.4) is 0 Å². The quantitative estimate of drug-likeness (QED) is 0.875. The number of nitrogens with one attached hydrogen (secondary N) is 1. The van der Waals surface area contributed by atoms with Crippen molar-refractivity contribution in [2.45, 2.75) is 38.6 Å². The Morgan fingerprint density at radius 1 is 1.11 bits per heavy atom. The summed E-state index contributed by atoms with van der Waals surface area (Å²) in [5, 5.41) is 2.89. The molecule has 2 aliphatic heterocycles. The number of rotatable bonds is 2. The number of fused-ring (bicyclic) bond motifs is 2. The first kappa shape index (κ1) is 17.6.